The number of nitrogens with two attached hydrogens (primary N) is 1. The largest absolute Gasteiger partial charge is 0.365 e. The highest BCUT2D eigenvalue weighted by atomic mass is 15.3. The topological polar surface area (TPSA) is 75.9 Å². The molecular weight excluding hydrogens is 238 g/mol. The van der Waals surface area contributed by atoms with E-state index in [4.69, 9.17) is 5.84 Å². The Morgan fingerprint density at radius 3 is 2.00 bits per heavy atom. The molecule has 108 valence electrons. The number of hydrogen-bond donors (Lipinski definition) is 3. The Morgan fingerprint density at radius 2 is 1.58 bits per heavy atom. The minimum atomic E-state index is -0.113. The first-order valence-corrected chi connectivity index (χ1v) is 6.88. The average molecular weight is 265 g/mol. The standard InChI is InChI=1S/C14H27N5/c1-7-14(6,8-2)18-10-9-11(19-15)17-12(16-10)13(3,4)5/h9H,7-8,15H2,1-6H3,(H2,16,17,18,19). The lowest BCUT2D eigenvalue weighted by Crippen LogP contribution is -2.34. The lowest BCUT2D eigenvalue weighted by molar-refractivity contribution is 0.474. The van der Waals surface area contributed by atoms with E-state index in [2.05, 4.69) is 62.3 Å². The molecule has 0 aliphatic carbocycles. The molecule has 0 aromatic carbocycles. The van der Waals surface area contributed by atoms with E-state index in [0.29, 0.717) is 5.82 Å². The van der Waals surface area contributed by atoms with Crippen LogP contribution in [-0.2, 0) is 5.41 Å². The summed E-state index contributed by atoms with van der Waals surface area (Å²) in [5.74, 6) is 7.72. The van der Waals surface area contributed by atoms with Gasteiger partial charge in [0.2, 0.25) is 0 Å². The molecule has 0 unspecified atom stereocenters. The first kappa shape index (κ1) is 15.7. The lowest BCUT2D eigenvalue weighted by Gasteiger charge is -2.29. The predicted molar refractivity (Wildman–Crippen MR) is 81.2 cm³/mol. The van der Waals surface area contributed by atoms with Crippen molar-refractivity contribution >= 4 is 11.6 Å². The molecule has 0 atom stereocenters. The third-order valence-electron chi connectivity index (χ3n) is 3.54. The van der Waals surface area contributed by atoms with Gasteiger partial charge in [0.1, 0.15) is 17.5 Å². The summed E-state index contributed by atoms with van der Waals surface area (Å²) in [6.07, 6.45) is 2.06. The molecule has 5 nitrogen and oxygen atoms in total. The van der Waals surface area contributed by atoms with Gasteiger partial charge in [-0.25, -0.2) is 15.8 Å². The number of anilines is 2. The molecule has 0 spiro atoms. The van der Waals surface area contributed by atoms with E-state index in [1.165, 1.54) is 0 Å². The predicted octanol–water partition coefficient (Wildman–Crippen LogP) is 3.05. The zero-order valence-electron chi connectivity index (χ0n) is 13.0. The quantitative estimate of drug-likeness (QED) is 0.563. The van der Waals surface area contributed by atoms with E-state index >= 15 is 0 Å². The van der Waals surface area contributed by atoms with Crippen molar-refractivity contribution in [1.82, 2.24) is 9.97 Å². The van der Waals surface area contributed by atoms with Crippen molar-refractivity contribution < 1.29 is 0 Å². The van der Waals surface area contributed by atoms with Crippen LogP contribution in [0, 0.1) is 0 Å². The Hall–Kier alpha value is -1.36. The first-order valence-electron chi connectivity index (χ1n) is 6.88. The normalized spacial score (nSPS) is 12.4. The minimum Gasteiger partial charge on any atom is -0.365 e. The van der Waals surface area contributed by atoms with Crippen LogP contribution in [0.2, 0.25) is 0 Å². The summed E-state index contributed by atoms with van der Waals surface area (Å²) in [4.78, 5) is 9.03. The van der Waals surface area contributed by atoms with Gasteiger partial charge in [0, 0.05) is 17.0 Å². The van der Waals surface area contributed by atoms with Crippen molar-refractivity contribution in [3.05, 3.63) is 11.9 Å². The van der Waals surface area contributed by atoms with Crippen molar-refractivity contribution in [2.45, 2.75) is 65.3 Å². The zero-order chi connectivity index (χ0) is 14.7. The Kier molecular flexibility index (Phi) is 4.74. The molecule has 0 fully saturated rings. The lowest BCUT2D eigenvalue weighted by atomic mass is 9.95. The number of nitrogens with zero attached hydrogens (tertiary/aromatic N) is 2. The van der Waals surface area contributed by atoms with Gasteiger partial charge in [-0.1, -0.05) is 34.6 Å². The first-order chi connectivity index (χ1) is 8.74. The average Bonchev–Trinajstić information content (AvgIpc) is 2.37. The number of rotatable bonds is 5. The number of nitrogen functional groups attached to an aromatic ring is 1. The highest BCUT2D eigenvalue weighted by Gasteiger charge is 2.23. The fourth-order valence-corrected chi connectivity index (χ4v) is 1.66. The maximum atomic E-state index is 5.49. The molecule has 0 aliphatic rings. The molecule has 0 radical (unpaired) electrons. The van der Waals surface area contributed by atoms with Crippen molar-refractivity contribution in [3.8, 4) is 0 Å². The Morgan fingerprint density at radius 1 is 1.05 bits per heavy atom. The molecule has 0 bridgehead atoms. The molecule has 5 heteroatoms. The van der Waals surface area contributed by atoms with Gasteiger partial charge in [-0.15, -0.1) is 0 Å². The van der Waals surface area contributed by atoms with Crippen LogP contribution in [0.5, 0.6) is 0 Å². The van der Waals surface area contributed by atoms with Crippen LogP contribution >= 0.6 is 0 Å². The second-order valence-corrected chi connectivity index (χ2v) is 6.25. The van der Waals surface area contributed by atoms with Gasteiger partial charge >= 0.3 is 0 Å². The van der Waals surface area contributed by atoms with Gasteiger partial charge < -0.3 is 10.7 Å². The molecule has 0 aliphatic heterocycles. The van der Waals surface area contributed by atoms with E-state index in [1.54, 1.807) is 0 Å². The molecule has 1 aromatic rings. The van der Waals surface area contributed by atoms with Crippen molar-refractivity contribution in [2.75, 3.05) is 10.7 Å². The van der Waals surface area contributed by atoms with Crippen molar-refractivity contribution in [1.29, 1.82) is 0 Å². The van der Waals surface area contributed by atoms with E-state index < -0.39 is 0 Å². The molecule has 4 N–H and O–H groups in total. The van der Waals surface area contributed by atoms with E-state index in [1.807, 2.05) is 6.07 Å². The SMILES string of the molecule is CCC(C)(CC)Nc1cc(NN)nc(C(C)(C)C)n1. The fourth-order valence-electron chi connectivity index (χ4n) is 1.66. The van der Waals surface area contributed by atoms with E-state index in [0.717, 1.165) is 24.5 Å². The Balaban J connectivity index is 3.14. The monoisotopic (exact) mass is 265 g/mol. The van der Waals surface area contributed by atoms with Gasteiger partial charge in [-0.3, -0.25) is 0 Å². The van der Waals surface area contributed by atoms with Crippen LogP contribution in [-0.4, -0.2) is 15.5 Å². The molecule has 1 heterocycles. The summed E-state index contributed by atoms with van der Waals surface area (Å²) in [6, 6.07) is 1.85. The molecule has 0 saturated carbocycles. The van der Waals surface area contributed by atoms with Crippen LogP contribution in [0.4, 0.5) is 11.6 Å². The third-order valence-corrected chi connectivity index (χ3v) is 3.54. The summed E-state index contributed by atoms with van der Waals surface area (Å²) in [7, 11) is 0. The molecule has 1 aromatic heterocycles. The second-order valence-electron chi connectivity index (χ2n) is 6.25. The van der Waals surface area contributed by atoms with Gasteiger partial charge in [-0.2, -0.15) is 0 Å². The Labute approximate surface area is 116 Å². The molecular formula is C14H27N5. The summed E-state index contributed by atoms with van der Waals surface area (Å²) < 4.78 is 0. The van der Waals surface area contributed by atoms with Crippen LogP contribution in [0.15, 0.2) is 6.07 Å². The van der Waals surface area contributed by atoms with Crippen molar-refractivity contribution in [3.63, 3.8) is 0 Å². The molecule has 0 amide bonds. The molecule has 0 saturated heterocycles. The van der Waals surface area contributed by atoms with Gasteiger partial charge in [-0.05, 0) is 19.8 Å². The number of nitrogens with one attached hydrogen (secondary N) is 2. The number of aromatic nitrogens is 2. The third kappa shape index (κ3) is 4.06. The number of hydrogen-bond acceptors (Lipinski definition) is 5. The van der Waals surface area contributed by atoms with E-state index in [-0.39, 0.29) is 11.0 Å². The summed E-state index contributed by atoms with van der Waals surface area (Å²) >= 11 is 0. The highest BCUT2D eigenvalue weighted by molar-refractivity contribution is 5.48. The maximum Gasteiger partial charge on any atom is 0.145 e. The molecule has 1 rings (SSSR count). The van der Waals surface area contributed by atoms with Crippen LogP contribution in [0.1, 0.15) is 60.2 Å². The Bertz CT molecular complexity index is 418. The van der Waals surface area contributed by atoms with Crippen LogP contribution in [0.25, 0.3) is 0 Å². The molecule has 19 heavy (non-hydrogen) atoms. The fraction of sp³-hybridized carbons (Fsp3) is 0.714. The van der Waals surface area contributed by atoms with E-state index in [9.17, 15) is 0 Å². The zero-order valence-corrected chi connectivity index (χ0v) is 13.0. The summed E-state index contributed by atoms with van der Waals surface area (Å²) in [5.41, 5.74) is 2.53. The van der Waals surface area contributed by atoms with Gasteiger partial charge in [0.15, 0.2) is 0 Å². The van der Waals surface area contributed by atoms with Crippen molar-refractivity contribution in [2.24, 2.45) is 5.84 Å². The smallest absolute Gasteiger partial charge is 0.145 e. The summed E-state index contributed by atoms with van der Waals surface area (Å²) in [6.45, 7) is 12.8. The second kappa shape index (κ2) is 5.74. The number of hydrazine groups is 1. The van der Waals surface area contributed by atoms with Gasteiger partial charge in [0.25, 0.3) is 0 Å². The van der Waals surface area contributed by atoms with Crippen LogP contribution in [0.3, 0.4) is 0 Å². The summed E-state index contributed by atoms with van der Waals surface area (Å²) in [5, 5.41) is 3.50. The minimum absolute atomic E-state index is 0.0371. The maximum absolute atomic E-state index is 5.49. The van der Waals surface area contributed by atoms with Crippen LogP contribution < -0.4 is 16.6 Å². The van der Waals surface area contributed by atoms with Gasteiger partial charge in [0.05, 0.1) is 0 Å². The highest BCUT2D eigenvalue weighted by Crippen LogP contribution is 2.25.